The van der Waals surface area contributed by atoms with E-state index in [9.17, 15) is 28.8 Å². The van der Waals surface area contributed by atoms with Crippen LogP contribution in [0.5, 0.6) is 0 Å². The van der Waals surface area contributed by atoms with E-state index in [1.54, 1.807) is 72.8 Å². The molecule has 3 aromatic carbocycles. The van der Waals surface area contributed by atoms with E-state index in [-0.39, 0.29) is 72.3 Å². The summed E-state index contributed by atoms with van der Waals surface area (Å²) in [6, 6.07) is 18.9. The molecule has 59 heavy (non-hydrogen) atoms. The van der Waals surface area contributed by atoms with Crippen molar-refractivity contribution in [3.8, 4) is 0 Å². The van der Waals surface area contributed by atoms with Crippen LogP contribution in [0.1, 0.15) is 82.4 Å². The lowest BCUT2D eigenvalue weighted by atomic mass is 9.99. The summed E-state index contributed by atoms with van der Waals surface area (Å²) < 4.78 is 0. The summed E-state index contributed by atoms with van der Waals surface area (Å²) in [6.07, 6.45) is 0.0765. The van der Waals surface area contributed by atoms with Gasteiger partial charge in [-0.05, 0) is 84.6 Å². The zero-order valence-corrected chi connectivity index (χ0v) is 33.2. The van der Waals surface area contributed by atoms with E-state index in [1.807, 2.05) is 27.7 Å². The number of benzene rings is 3. The number of hydrogen-bond acceptors (Lipinski definition) is 10. The second-order valence-corrected chi connectivity index (χ2v) is 15.3. The predicted octanol–water partition coefficient (Wildman–Crippen LogP) is 4.15. The molecule has 0 fully saturated rings. The Morgan fingerprint density at radius 3 is 1.39 bits per heavy atom. The summed E-state index contributed by atoms with van der Waals surface area (Å²) in [4.78, 5) is 86.3. The lowest BCUT2D eigenvalue weighted by Crippen LogP contribution is -2.42. The van der Waals surface area contributed by atoms with Gasteiger partial charge in [-0.1, -0.05) is 27.7 Å². The van der Waals surface area contributed by atoms with Crippen molar-refractivity contribution in [3.63, 3.8) is 0 Å². The SMILES string of the molecule is CC(C)[C@H](N)C(=O)CCN(N)C(=O)c1cc2cc(NC(=O)c3ccc4[nH]c(C(=O)Nc5ccc6[nH]c(C(=O)N(N)CCC(=O)[C@@H](N)C(C)C)cc6c5)cc4c3)ccc2[nH]1. The van der Waals surface area contributed by atoms with Gasteiger partial charge in [0.05, 0.1) is 12.1 Å². The Bertz CT molecular complexity index is 2450. The molecule has 0 aliphatic rings. The summed E-state index contributed by atoms with van der Waals surface area (Å²) in [5.74, 6) is 9.75. The molecule has 0 saturated heterocycles. The fourth-order valence-electron chi connectivity index (χ4n) is 6.50. The highest BCUT2D eigenvalue weighted by Gasteiger charge is 2.23. The number of nitrogens with zero attached hydrogens (tertiary/aromatic N) is 2. The van der Waals surface area contributed by atoms with Gasteiger partial charge in [-0.2, -0.15) is 0 Å². The second-order valence-electron chi connectivity index (χ2n) is 15.3. The first-order valence-electron chi connectivity index (χ1n) is 19.2. The second kappa shape index (κ2) is 17.5. The fraction of sp³-hybridized carbons (Fsp3) is 0.286. The number of anilines is 2. The molecule has 3 heterocycles. The Kier molecular flexibility index (Phi) is 12.4. The van der Waals surface area contributed by atoms with Crippen LogP contribution in [0.4, 0.5) is 11.4 Å². The van der Waals surface area contributed by atoms with Crippen molar-refractivity contribution in [2.45, 2.75) is 52.6 Å². The Labute approximate surface area is 339 Å². The number of amides is 4. The van der Waals surface area contributed by atoms with Gasteiger partial charge in [0, 0.05) is 75.6 Å². The van der Waals surface area contributed by atoms with Crippen molar-refractivity contribution < 1.29 is 28.8 Å². The minimum absolute atomic E-state index is 0.0125. The highest BCUT2D eigenvalue weighted by molar-refractivity contribution is 6.10. The molecule has 17 heteroatoms. The maximum absolute atomic E-state index is 13.3. The van der Waals surface area contributed by atoms with Gasteiger partial charge in [-0.25, -0.2) is 11.7 Å². The molecular weight excluding hydrogens is 755 g/mol. The van der Waals surface area contributed by atoms with E-state index in [2.05, 4.69) is 25.6 Å². The van der Waals surface area contributed by atoms with Gasteiger partial charge in [0.1, 0.15) is 17.1 Å². The molecule has 0 radical (unpaired) electrons. The van der Waals surface area contributed by atoms with E-state index < -0.39 is 29.8 Å². The number of carbonyl (C=O) groups is 6. The topological polar surface area (TPSA) is 284 Å². The molecule has 4 amide bonds. The van der Waals surface area contributed by atoms with Crippen LogP contribution in [0.25, 0.3) is 32.7 Å². The van der Waals surface area contributed by atoms with Crippen LogP contribution in [-0.2, 0) is 9.59 Å². The molecule has 0 aliphatic heterocycles. The number of ketones is 2. The number of hydrogen-bond donors (Lipinski definition) is 9. The van der Waals surface area contributed by atoms with E-state index in [0.29, 0.717) is 49.6 Å². The van der Waals surface area contributed by atoms with Crippen LogP contribution in [0.3, 0.4) is 0 Å². The lowest BCUT2D eigenvalue weighted by molar-refractivity contribution is -0.122. The predicted molar refractivity (Wildman–Crippen MR) is 226 cm³/mol. The number of H-pyrrole nitrogens is 3. The van der Waals surface area contributed by atoms with E-state index >= 15 is 0 Å². The number of fused-ring (bicyclic) bond motifs is 3. The molecule has 13 N–H and O–H groups in total. The summed E-state index contributed by atoms with van der Waals surface area (Å²) in [5.41, 5.74) is 15.8. The standard InChI is InChI=1S/C42H49N11O6/c1-21(2)37(43)35(54)11-13-52(45)41(58)33-19-25-16-27(6-9-30(25)50-33)47-39(56)23-5-8-29-24(15-23)18-32(49-29)40(57)48-28-7-10-31-26(17-28)20-34(51-31)42(59)53(46)14-12-36(55)38(44)22(3)4/h5-10,15-22,37-38,49-51H,11-14,43-46H2,1-4H3,(H,47,56)(H,48,57)/t37-,38-/m0/s1. The quantitative estimate of drug-likeness (QED) is 0.0383. The van der Waals surface area contributed by atoms with Gasteiger partial charge in [0.2, 0.25) is 0 Å². The number of aromatic nitrogens is 3. The summed E-state index contributed by atoms with van der Waals surface area (Å²) in [7, 11) is 0. The molecule has 0 aliphatic carbocycles. The highest BCUT2D eigenvalue weighted by Crippen LogP contribution is 2.25. The van der Waals surface area contributed by atoms with Crippen LogP contribution in [0.2, 0.25) is 0 Å². The van der Waals surface area contributed by atoms with Gasteiger partial charge < -0.3 is 37.1 Å². The van der Waals surface area contributed by atoms with Gasteiger partial charge in [0.25, 0.3) is 23.6 Å². The van der Waals surface area contributed by atoms with Crippen LogP contribution in [0.15, 0.2) is 72.8 Å². The molecular formula is C42H49N11O6. The van der Waals surface area contributed by atoms with Crippen molar-refractivity contribution in [2.75, 3.05) is 23.7 Å². The maximum Gasteiger partial charge on any atom is 0.284 e. The van der Waals surface area contributed by atoms with Gasteiger partial charge in [-0.3, -0.25) is 38.8 Å². The molecule has 308 valence electrons. The molecule has 6 rings (SSSR count). The van der Waals surface area contributed by atoms with Crippen LogP contribution in [0, 0.1) is 11.8 Å². The molecule has 0 spiro atoms. The Hall–Kier alpha value is -6.66. The molecule has 2 atom stereocenters. The number of aromatic amines is 3. The molecule has 0 bridgehead atoms. The fourth-order valence-corrected chi connectivity index (χ4v) is 6.50. The monoisotopic (exact) mass is 803 g/mol. The molecule has 3 aromatic heterocycles. The minimum atomic E-state index is -0.624. The summed E-state index contributed by atoms with van der Waals surface area (Å²) in [5, 5.41) is 9.64. The van der Waals surface area contributed by atoms with Gasteiger partial charge in [0.15, 0.2) is 11.6 Å². The van der Waals surface area contributed by atoms with E-state index in [4.69, 9.17) is 23.2 Å². The first kappa shape index (κ1) is 42.0. The Morgan fingerprint density at radius 2 is 0.932 bits per heavy atom. The highest BCUT2D eigenvalue weighted by atomic mass is 16.2. The molecule has 0 unspecified atom stereocenters. The van der Waals surface area contributed by atoms with Crippen LogP contribution >= 0.6 is 0 Å². The normalized spacial score (nSPS) is 12.6. The first-order chi connectivity index (χ1) is 28.0. The van der Waals surface area contributed by atoms with Gasteiger partial charge in [-0.15, -0.1) is 0 Å². The molecule has 17 nitrogen and oxygen atoms in total. The van der Waals surface area contributed by atoms with E-state index in [1.165, 1.54) is 0 Å². The minimum Gasteiger partial charge on any atom is -0.351 e. The summed E-state index contributed by atoms with van der Waals surface area (Å²) >= 11 is 0. The Morgan fingerprint density at radius 1 is 0.542 bits per heavy atom. The van der Waals surface area contributed by atoms with Crippen molar-refractivity contribution in [1.82, 2.24) is 25.0 Å². The molecule has 6 aromatic rings. The number of hydrazine groups is 2. The zero-order chi connectivity index (χ0) is 42.7. The Balaban J connectivity index is 1.06. The van der Waals surface area contributed by atoms with Crippen molar-refractivity contribution >= 4 is 79.3 Å². The number of carbonyl (C=O) groups excluding carboxylic acids is 6. The van der Waals surface area contributed by atoms with Crippen molar-refractivity contribution in [3.05, 3.63) is 95.4 Å². The average Bonchev–Trinajstić information content (AvgIpc) is 3.96. The van der Waals surface area contributed by atoms with Crippen molar-refractivity contribution in [2.24, 2.45) is 35.0 Å². The smallest absolute Gasteiger partial charge is 0.284 e. The third-order valence-corrected chi connectivity index (χ3v) is 10.2. The molecule has 0 saturated carbocycles. The van der Waals surface area contributed by atoms with Crippen LogP contribution in [-0.4, -0.2) is 85.3 Å². The average molecular weight is 804 g/mol. The van der Waals surface area contributed by atoms with Crippen molar-refractivity contribution in [1.29, 1.82) is 0 Å². The van der Waals surface area contributed by atoms with E-state index in [0.717, 1.165) is 10.0 Å². The number of nitrogens with two attached hydrogens (primary N) is 4. The third kappa shape index (κ3) is 9.56. The zero-order valence-electron chi connectivity index (χ0n) is 33.2. The number of nitrogens with one attached hydrogen (secondary N) is 5. The first-order valence-corrected chi connectivity index (χ1v) is 19.2. The number of Topliss-reactive ketones (excluding diaryl/α,β-unsaturated/α-hetero) is 2. The van der Waals surface area contributed by atoms with Gasteiger partial charge >= 0.3 is 0 Å². The third-order valence-electron chi connectivity index (χ3n) is 10.2. The summed E-state index contributed by atoms with van der Waals surface area (Å²) in [6.45, 7) is 7.43. The largest absolute Gasteiger partial charge is 0.351 e. The number of rotatable bonds is 16. The van der Waals surface area contributed by atoms with Crippen LogP contribution < -0.4 is 33.8 Å². The maximum atomic E-state index is 13.3. The lowest BCUT2D eigenvalue weighted by Gasteiger charge is -2.18.